The van der Waals surface area contributed by atoms with Gasteiger partial charge in [-0.05, 0) is 36.8 Å². The summed E-state index contributed by atoms with van der Waals surface area (Å²) in [5.74, 6) is 0. The van der Waals surface area contributed by atoms with Gasteiger partial charge in [-0.15, -0.1) is 0 Å². The highest BCUT2D eigenvalue weighted by atomic mass is 19.4. The number of nitrogens with zero attached hydrogens (tertiary/aromatic N) is 1. The molecule has 0 aromatic heterocycles. The smallest absolute Gasteiger partial charge is 0.350 e. The molecule has 3 nitrogen and oxygen atoms in total. The fraction of sp³-hybridized carbons (Fsp3) is 0.333. The van der Waals surface area contributed by atoms with Gasteiger partial charge in [-0.2, -0.15) is 13.2 Å². The van der Waals surface area contributed by atoms with Gasteiger partial charge in [0.05, 0.1) is 17.3 Å². The van der Waals surface area contributed by atoms with Gasteiger partial charge in [0, 0.05) is 13.0 Å². The summed E-state index contributed by atoms with van der Waals surface area (Å²) in [6.45, 7) is 2.38. The minimum absolute atomic E-state index is 0.203. The first-order chi connectivity index (χ1) is 11.5. The number of rotatable bonds is 4. The molecule has 1 aliphatic rings. The Labute approximate surface area is 138 Å². The molecule has 1 heterocycles. The third kappa shape index (κ3) is 3.55. The van der Waals surface area contributed by atoms with Crippen molar-refractivity contribution in [3.63, 3.8) is 0 Å². The van der Waals surface area contributed by atoms with E-state index in [1.165, 1.54) is 12.1 Å². The summed E-state index contributed by atoms with van der Waals surface area (Å²) >= 11 is 0. The fourth-order valence-electron chi connectivity index (χ4n) is 2.79. The SMILES string of the molecule is CCO[C@H]1C[C@H](c2ccc(C(F)(F)F)cc2)N(c2ccccc2)O1. The predicted octanol–water partition coefficient (Wildman–Crippen LogP) is 4.95. The standard InChI is InChI=1S/C18H18F3NO2/c1-2-23-17-12-16(22(24-17)15-6-4-3-5-7-15)13-8-10-14(11-9-13)18(19,20)21/h3-11,16-17H,2,12H2,1H3/t16-,17-/m1/s1. The predicted molar refractivity (Wildman–Crippen MR) is 84.2 cm³/mol. The van der Waals surface area contributed by atoms with E-state index in [1.807, 2.05) is 37.3 Å². The van der Waals surface area contributed by atoms with Crippen LogP contribution in [0.3, 0.4) is 0 Å². The van der Waals surface area contributed by atoms with Gasteiger partial charge in [-0.1, -0.05) is 30.3 Å². The van der Waals surface area contributed by atoms with Gasteiger partial charge < -0.3 is 4.74 Å². The van der Waals surface area contributed by atoms with E-state index in [0.717, 1.165) is 23.4 Å². The van der Waals surface area contributed by atoms with E-state index in [4.69, 9.17) is 9.57 Å². The van der Waals surface area contributed by atoms with Crippen LogP contribution < -0.4 is 5.06 Å². The number of alkyl halides is 3. The van der Waals surface area contributed by atoms with Gasteiger partial charge in [0.25, 0.3) is 0 Å². The van der Waals surface area contributed by atoms with Gasteiger partial charge in [0.2, 0.25) is 0 Å². The Morgan fingerprint density at radius 3 is 2.33 bits per heavy atom. The minimum Gasteiger partial charge on any atom is -0.350 e. The zero-order valence-corrected chi connectivity index (χ0v) is 13.2. The zero-order chi connectivity index (χ0) is 17.2. The minimum atomic E-state index is -4.34. The number of anilines is 1. The molecule has 6 heteroatoms. The Morgan fingerprint density at radius 1 is 1.08 bits per heavy atom. The first kappa shape index (κ1) is 16.8. The summed E-state index contributed by atoms with van der Waals surface area (Å²) in [5, 5.41) is 1.71. The monoisotopic (exact) mass is 337 g/mol. The molecule has 128 valence electrons. The molecule has 0 saturated carbocycles. The molecule has 0 spiro atoms. The molecule has 1 fully saturated rings. The zero-order valence-electron chi connectivity index (χ0n) is 13.2. The Hall–Kier alpha value is -2.05. The van der Waals surface area contributed by atoms with Crippen molar-refractivity contribution in [2.24, 2.45) is 0 Å². The van der Waals surface area contributed by atoms with Crippen molar-refractivity contribution >= 4 is 5.69 Å². The number of hydroxylamine groups is 1. The lowest BCUT2D eigenvalue weighted by Gasteiger charge is -2.25. The number of hydrogen-bond donors (Lipinski definition) is 0. The molecular formula is C18H18F3NO2. The third-order valence-electron chi connectivity index (χ3n) is 3.92. The molecule has 0 aliphatic carbocycles. The largest absolute Gasteiger partial charge is 0.416 e. The van der Waals surface area contributed by atoms with Gasteiger partial charge in [-0.25, -0.2) is 9.90 Å². The second-order valence-corrected chi connectivity index (χ2v) is 5.52. The maximum absolute atomic E-state index is 12.7. The molecule has 0 N–H and O–H groups in total. The van der Waals surface area contributed by atoms with Crippen LogP contribution in [0.15, 0.2) is 54.6 Å². The summed E-state index contributed by atoms with van der Waals surface area (Å²) in [6.07, 6.45) is -4.20. The van der Waals surface area contributed by atoms with Crippen molar-refractivity contribution in [3.05, 3.63) is 65.7 Å². The van der Waals surface area contributed by atoms with E-state index in [2.05, 4.69) is 0 Å². The van der Waals surface area contributed by atoms with Crippen LogP contribution in [0.4, 0.5) is 18.9 Å². The molecule has 1 saturated heterocycles. The van der Waals surface area contributed by atoms with E-state index < -0.39 is 18.0 Å². The number of ether oxygens (including phenoxy) is 1. The molecule has 2 aromatic rings. The average molecular weight is 337 g/mol. The van der Waals surface area contributed by atoms with E-state index >= 15 is 0 Å². The van der Waals surface area contributed by atoms with E-state index in [0.29, 0.717) is 13.0 Å². The summed E-state index contributed by atoms with van der Waals surface area (Å²) < 4.78 is 43.8. The second-order valence-electron chi connectivity index (χ2n) is 5.52. The van der Waals surface area contributed by atoms with Crippen LogP contribution in [0.5, 0.6) is 0 Å². The maximum Gasteiger partial charge on any atom is 0.416 e. The first-order valence-electron chi connectivity index (χ1n) is 7.79. The lowest BCUT2D eigenvalue weighted by Crippen LogP contribution is -2.22. The van der Waals surface area contributed by atoms with Gasteiger partial charge in [0.15, 0.2) is 6.29 Å². The van der Waals surface area contributed by atoms with Crippen LogP contribution in [-0.2, 0) is 15.8 Å². The van der Waals surface area contributed by atoms with Crippen molar-refractivity contribution < 1.29 is 22.7 Å². The number of benzene rings is 2. The average Bonchev–Trinajstić information content (AvgIpc) is 2.99. The van der Waals surface area contributed by atoms with Crippen LogP contribution in [0.25, 0.3) is 0 Å². The Bertz CT molecular complexity index is 658. The Balaban J connectivity index is 1.88. The molecule has 2 aromatic carbocycles. The van der Waals surface area contributed by atoms with Gasteiger partial charge in [-0.3, -0.25) is 0 Å². The molecule has 2 atom stereocenters. The maximum atomic E-state index is 12.7. The highest BCUT2D eigenvalue weighted by molar-refractivity contribution is 5.47. The Morgan fingerprint density at radius 2 is 1.75 bits per heavy atom. The van der Waals surface area contributed by atoms with E-state index in [1.54, 1.807) is 5.06 Å². The highest BCUT2D eigenvalue weighted by Gasteiger charge is 2.36. The van der Waals surface area contributed by atoms with Crippen molar-refractivity contribution in [3.8, 4) is 0 Å². The van der Waals surface area contributed by atoms with Crippen molar-refractivity contribution in [1.29, 1.82) is 0 Å². The van der Waals surface area contributed by atoms with Crippen molar-refractivity contribution in [1.82, 2.24) is 0 Å². The van der Waals surface area contributed by atoms with Crippen LogP contribution in [-0.4, -0.2) is 12.9 Å². The van der Waals surface area contributed by atoms with Crippen LogP contribution in [0, 0.1) is 0 Å². The van der Waals surface area contributed by atoms with E-state index in [-0.39, 0.29) is 6.04 Å². The summed E-state index contributed by atoms with van der Waals surface area (Å²) in [4.78, 5) is 5.84. The molecule has 1 aliphatic heterocycles. The van der Waals surface area contributed by atoms with Crippen molar-refractivity contribution in [2.75, 3.05) is 11.7 Å². The number of hydrogen-bond acceptors (Lipinski definition) is 3. The highest BCUT2D eigenvalue weighted by Crippen LogP contribution is 2.39. The summed E-state index contributed by atoms with van der Waals surface area (Å²) in [7, 11) is 0. The molecule has 24 heavy (non-hydrogen) atoms. The molecule has 3 rings (SSSR count). The molecule has 0 bridgehead atoms. The summed E-state index contributed by atoms with van der Waals surface area (Å²) in [6, 6.07) is 14.5. The molecular weight excluding hydrogens is 319 g/mol. The lowest BCUT2D eigenvalue weighted by atomic mass is 10.0. The van der Waals surface area contributed by atoms with Gasteiger partial charge in [0.1, 0.15) is 0 Å². The second kappa shape index (κ2) is 6.83. The van der Waals surface area contributed by atoms with Crippen LogP contribution in [0.2, 0.25) is 0 Å². The molecule has 0 amide bonds. The normalized spacial score (nSPS) is 21.2. The number of halogens is 3. The quantitative estimate of drug-likeness (QED) is 0.788. The summed E-state index contributed by atoms with van der Waals surface area (Å²) in [5.41, 5.74) is 0.941. The van der Waals surface area contributed by atoms with Crippen LogP contribution in [0.1, 0.15) is 30.5 Å². The third-order valence-corrected chi connectivity index (χ3v) is 3.92. The lowest BCUT2D eigenvalue weighted by molar-refractivity contribution is -0.137. The molecule has 0 unspecified atom stereocenters. The van der Waals surface area contributed by atoms with Gasteiger partial charge >= 0.3 is 6.18 Å². The van der Waals surface area contributed by atoms with Crippen LogP contribution >= 0.6 is 0 Å². The topological polar surface area (TPSA) is 21.7 Å². The van der Waals surface area contributed by atoms with E-state index in [9.17, 15) is 13.2 Å². The Kier molecular flexibility index (Phi) is 4.78. The first-order valence-corrected chi connectivity index (χ1v) is 7.79. The molecule has 0 radical (unpaired) electrons. The van der Waals surface area contributed by atoms with Crippen molar-refractivity contribution in [2.45, 2.75) is 31.9 Å². The number of para-hydroxylation sites is 1. The fourth-order valence-corrected chi connectivity index (χ4v) is 2.79.